The predicted octanol–water partition coefficient (Wildman–Crippen LogP) is 0.757. The van der Waals surface area contributed by atoms with Gasteiger partial charge in [-0.3, -0.25) is 10.1 Å². The van der Waals surface area contributed by atoms with E-state index in [0.717, 1.165) is 11.3 Å². The fraction of sp³-hybridized carbons (Fsp3) is 0. The lowest BCUT2D eigenvalue weighted by Crippen LogP contribution is -1.82. The van der Waals surface area contributed by atoms with Gasteiger partial charge in [0.05, 0.1) is 10.4 Å². The van der Waals surface area contributed by atoms with Crippen LogP contribution in [0.2, 0.25) is 0 Å². The molecule has 0 amide bonds. The van der Waals surface area contributed by atoms with Gasteiger partial charge >= 0.3 is 10.9 Å². The molecule has 0 aliphatic carbocycles. The molecule has 48 valence electrons. The molecule has 1 heterocycles. The third-order valence-electron chi connectivity index (χ3n) is 0.696. The Labute approximate surface area is 53.7 Å². The summed E-state index contributed by atoms with van der Waals surface area (Å²) in [6.07, 6.45) is 0. The Morgan fingerprint density at radius 1 is 1.89 bits per heavy atom. The van der Waals surface area contributed by atoms with Crippen molar-refractivity contribution >= 4 is 16.3 Å². The Hall–Kier alpha value is -1.17. The highest BCUT2D eigenvalue weighted by molar-refractivity contribution is 7.13. The van der Waals surface area contributed by atoms with Crippen molar-refractivity contribution in [2.75, 3.05) is 0 Å². The Balaban J connectivity index is 3.08. The van der Waals surface area contributed by atoms with Crippen LogP contribution < -0.4 is 0 Å². The van der Waals surface area contributed by atoms with Gasteiger partial charge in [0.25, 0.3) is 0 Å². The van der Waals surface area contributed by atoms with E-state index in [-0.39, 0.29) is 5.00 Å². The normalized spacial score (nSPS) is 9.33. The zero-order valence-electron chi connectivity index (χ0n) is 4.14. The molecule has 0 unspecified atom stereocenters. The topological polar surface area (TPSA) is 76.3 Å². The monoisotopic (exact) mass is 146 g/mol. The molecule has 0 aliphatic heterocycles. The number of nitro groups is 1. The first-order valence-electron chi connectivity index (χ1n) is 1.98. The molecule has 0 bridgehead atoms. The molecule has 1 aromatic heterocycles. The highest BCUT2D eigenvalue weighted by Crippen LogP contribution is 2.27. The molecule has 0 fully saturated rings. The van der Waals surface area contributed by atoms with Crippen molar-refractivity contribution < 1.29 is 10.0 Å². The first kappa shape index (κ1) is 5.96. The van der Waals surface area contributed by atoms with Gasteiger partial charge in [-0.2, -0.15) is 0 Å². The largest absolute Gasteiger partial charge is 0.488 e. The van der Waals surface area contributed by atoms with Gasteiger partial charge in [-0.15, -0.1) is 0 Å². The number of hydrogen-bond acceptors (Lipinski definition) is 5. The molecular formula is C3H2N2O3S. The van der Waals surface area contributed by atoms with Crippen LogP contribution in [0.5, 0.6) is 5.88 Å². The maximum absolute atomic E-state index is 9.90. The number of hydrogen-bond donors (Lipinski definition) is 1. The molecule has 0 aromatic carbocycles. The molecule has 9 heavy (non-hydrogen) atoms. The van der Waals surface area contributed by atoms with E-state index in [4.69, 9.17) is 5.11 Å². The number of rotatable bonds is 1. The molecule has 5 nitrogen and oxygen atoms in total. The standard InChI is InChI=1S/C3H2N2O3S/c6-2-3(5(7)8)9-1-4-2/h1,6H. The van der Waals surface area contributed by atoms with Crippen LogP contribution in [-0.2, 0) is 0 Å². The minimum Gasteiger partial charge on any atom is -0.488 e. The van der Waals surface area contributed by atoms with E-state index in [1.54, 1.807) is 0 Å². The van der Waals surface area contributed by atoms with Gasteiger partial charge in [-0.25, -0.2) is 4.98 Å². The summed E-state index contributed by atoms with van der Waals surface area (Å²) in [5.41, 5.74) is 1.22. The van der Waals surface area contributed by atoms with Crippen LogP contribution in [0.3, 0.4) is 0 Å². The molecule has 1 rings (SSSR count). The summed E-state index contributed by atoms with van der Waals surface area (Å²) in [6, 6.07) is 0. The van der Waals surface area contributed by atoms with Crippen LogP contribution in [0, 0.1) is 10.1 Å². The third kappa shape index (κ3) is 0.968. The van der Waals surface area contributed by atoms with Crippen LogP contribution in [-0.4, -0.2) is 15.0 Å². The van der Waals surface area contributed by atoms with Gasteiger partial charge in [0.2, 0.25) is 0 Å². The van der Waals surface area contributed by atoms with E-state index >= 15 is 0 Å². The fourth-order valence-corrected chi connectivity index (χ4v) is 0.855. The van der Waals surface area contributed by atoms with E-state index < -0.39 is 10.8 Å². The fourth-order valence-electron chi connectivity index (χ4n) is 0.359. The lowest BCUT2D eigenvalue weighted by molar-refractivity contribution is -0.381. The first-order chi connectivity index (χ1) is 4.22. The van der Waals surface area contributed by atoms with Crippen LogP contribution in [0.15, 0.2) is 5.51 Å². The van der Waals surface area contributed by atoms with Gasteiger partial charge in [-0.1, -0.05) is 0 Å². The summed E-state index contributed by atoms with van der Waals surface area (Å²) in [5, 5.41) is 18.2. The summed E-state index contributed by atoms with van der Waals surface area (Å²) >= 11 is 0.797. The second-order valence-corrected chi connectivity index (χ2v) is 2.07. The number of thiazole rings is 1. The van der Waals surface area contributed by atoms with Crippen molar-refractivity contribution in [2.45, 2.75) is 0 Å². The molecule has 0 saturated heterocycles. The minimum absolute atomic E-state index is 0.310. The molecule has 0 spiro atoms. The smallest absolute Gasteiger partial charge is 0.387 e. The molecule has 6 heteroatoms. The predicted molar refractivity (Wildman–Crippen MR) is 30.4 cm³/mol. The highest BCUT2D eigenvalue weighted by atomic mass is 32.1. The summed E-state index contributed by atoms with van der Waals surface area (Å²) in [5.74, 6) is -0.509. The highest BCUT2D eigenvalue weighted by Gasteiger charge is 2.14. The van der Waals surface area contributed by atoms with Crippen LogP contribution in [0.25, 0.3) is 0 Å². The maximum Gasteiger partial charge on any atom is 0.387 e. The Bertz CT molecular complexity index is 233. The van der Waals surface area contributed by atoms with Crippen molar-refractivity contribution in [3.05, 3.63) is 15.6 Å². The average molecular weight is 146 g/mol. The van der Waals surface area contributed by atoms with Gasteiger partial charge in [0.15, 0.2) is 0 Å². The van der Waals surface area contributed by atoms with Gasteiger partial charge in [0, 0.05) is 0 Å². The summed E-state index contributed by atoms with van der Waals surface area (Å²) in [6.45, 7) is 0. The van der Waals surface area contributed by atoms with E-state index in [1.165, 1.54) is 5.51 Å². The summed E-state index contributed by atoms with van der Waals surface area (Å²) < 4.78 is 0. The second kappa shape index (κ2) is 1.98. The molecule has 1 aromatic rings. The number of aromatic hydroxyl groups is 1. The SMILES string of the molecule is O=[N+]([O-])c1scnc1O. The minimum atomic E-state index is -0.674. The van der Waals surface area contributed by atoms with Gasteiger partial charge in [-0.05, 0) is 11.3 Å². The van der Waals surface area contributed by atoms with E-state index in [9.17, 15) is 10.1 Å². The van der Waals surface area contributed by atoms with Gasteiger partial charge in [0.1, 0.15) is 0 Å². The second-order valence-electron chi connectivity index (χ2n) is 1.24. The number of nitrogens with zero attached hydrogens (tertiary/aromatic N) is 2. The van der Waals surface area contributed by atoms with Crippen LogP contribution in [0.4, 0.5) is 5.00 Å². The van der Waals surface area contributed by atoms with Crippen molar-refractivity contribution in [1.29, 1.82) is 0 Å². The average Bonchev–Trinajstić information content (AvgIpc) is 2.13. The molecule has 1 N–H and O–H groups in total. The van der Waals surface area contributed by atoms with Crippen molar-refractivity contribution in [1.82, 2.24) is 4.98 Å². The number of aromatic nitrogens is 1. The van der Waals surface area contributed by atoms with Crippen molar-refractivity contribution in [2.24, 2.45) is 0 Å². The van der Waals surface area contributed by atoms with E-state index in [0.29, 0.717) is 0 Å². The third-order valence-corrected chi connectivity index (χ3v) is 1.46. The zero-order valence-corrected chi connectivity index (χ0v) is 4.96. The van der Waals surface area contributed by atoms with Crippen molar-refractivity contribution in [3.63, 3.8) is 0 Å². The molecular weight excluding hydrogens is 144 g/mol. The van der Waals surface area contributed by atoms with Crippen molar-refractivity contribution in [3.8, 4) is 5.88 Å². The lowest BCUT2D eigenvalue weighted by Gasteiger charge is -1.80. The molecule has 0 radical (unpaired) electrons. The molecule has 0 aliphatic rings. The Kier molecular flexibility index (Phi) is 1.31. The zero-order chi connectivity index (χ0) is 6.85. The quantitative estimate of drug-likeness (QED) is 0.468. The lowest BCUT2D eigenvalue weighted by atomic mass is 10.8. The molecule has 0 saturated carbocycles. The summed E-state index contributed by atoms with van der Waals surface area (Å²) in [7, 11) is 0. The summed E-state index contributed by atoms with van der Waals surface area (Å²) in [4.78, 5) is 12.5. The molecule has 0 atom stereocenters. The van der Waals surface area contributed by atoms with Crippen LogP contribution >= 0.6 is 11.3 Å². The van der Waals surface area contributed by atoms with Crippen LogP contribution in [0.1, 0.15) is 0 Å². The van der Waals surface area contributed by atoms with E-state index in [2.05, 4.69) is 4.98 Å². The van der Waals surface area contributed by atoms with E-state index in [1.807, 2.05) is 0 Å². The van der Waals surface area contributed by atoms with Gasteiger partial charge < -0.3 is 5.11 Å². The Morgan fingerprint density at radius 2 is 2.56 bits per heavy atom. The maximum atomic E-state index is 9.90. The first-order valence-corrected chi connectivity index (χ1v) is 2.86. The Morgan fingerprint density at radius 3 is 2.78 bits per heavy atom.